The predicted molar refractivity (Wildman–Crippen MR) is 156 cm³/mol. The fraction of sp³-hybridized carbons (Fsp3) is 0.517. The van der Waals surface area contributed by atoms with E-state index in [4.69, 9.17) is 14.3 Å². The molecule has 0 saturated carbocycles. The monoisotopic (exact) mass is 606 g/mol. The molecule has 13 heteroatoms. The smallest absolute Gasteiger partial charge is 0.249 e. The molecule has 42 heavy (non-hydrogen) atoms. The van der Waals surface area contributed by atoms with Crippen LogP contribution in [0.25, 0.3) is 17.3 Å². The molecular formula is C29H39FN4O7S. The van der Waals surface area contributed by atoms with E-state index in [2.05, 4.69) is 9.97 Å². The van der Waals surface area contributed by atoms with Gasteiger partial charge in [0.1, 0.15) is 12.4 Å². The summed E-state index contributed by atoms with van der Waals surface area (Å²) in [5, 5.41) is 1.01. The molecule has 2 aromatic rings. The zero-order chi connectivity index (χ0) is 31.4. The average molecular weight is 607 g/mol. The van der Waals surface area contributed by atoms with Gasteiger partial charge in [-0.25, -0.2) is 32.1 Å². The minimum absolute atomic E-state index is 0.00652. The van der Waals surface area contributed by atoms with Gasteiger partial charge in [0.15, 0.2) is 11.6 Å². The third kappa shape index (κ3) is 8.63. The van der Waals surface area contributed by atoms with E-state index in [0.29, 0.717) is 28.9 Å². The fourth-order valence-electron chi connectivity index (χ4n) is 4.54. The Hall–Kier alpha value is -3.26. The maximum atomic E-state index is 13.8. The first-order valence-corrected chi connectivity index (χ1v) is 15.3. The Kier molecular flexibility index (Phi) is 10.6. The van der Waals surface area contributed by atoms with Gasteiger partial charge < -0.3 is 9.47 Å². The van der Waals surface area contributed by atoms with E-state index < -0.39 is 39.7 Å². The van der Waals surface area contributed by atoms with Crippen molar-refractivity contribution in [3.05, 3.63) is 47.4 Å². The van der Waals surface area contributed by atoms with Crippen molar-refractivity contribution in [1.29, 1.82) is 0 Å². The molecule has 0 radical (unpaired) electrons. The number of Topliss-reactive ketones (excluding diaryl/α,β-unsaturated/α-hetero) is 1. The quantitative estimate of drug-likeness (QED) is 0.347. The Morgan fingerprint density at radius 3 is 2.38 bits per heavy atom. The number of carbonyl (C=O) groups is 2. The van der Waals surface area contributed by atoms with Gasteiger partial charge >= 0.3 is 0 Å². The largest absolute Gasteiger partial charge is 0.347 e. The second-order valence-electron chi connectivity index (χ2n) is 11.0. The van der Waals surface area contributed by atoms with Gasteiger partial charge in [-0.05, 0) is 51.0 Å². The lowest BCUT2D eigenvalue weighted by Crippen LogP contribution is -2.46. The highest BCUT2D eigenvalue weighted by molar-refractivity contribution is 7.92. The number of hydrogen-bond donors (Lipinski definition) is 0. The minimum Gasteiger partial charge on any atom is -0.347 e. The molecule has 0 aliphatic carbocycles. The molecule has 1 aromatic carbocycles. The van der Waals surface area contributed by atoms with Crippen LogP contribution in [0.5, 0.6) is 0 Å². The molecule has 3 rings (SSSR count). The van der Waals surface area contributed by atoms with Crippen molar-refractivity contribution < 1.29 is 36.7 Å². The van der Waals surface area contributed by atoms with Crippen molar-refractivity contribution >= 4 is 33.7 Å². The Morgan fingerprint density at radius 2 is 1.83 bits per heavy atom. The van der Waals surface area contributed by atoms with Gasteiger partial charge in [-0.1, -0.05) is 26.0 Å². The number of hydrogen-bond acceptors (Lipinski definition) is 9. The molecular weight excluding hydrogens is 567 g/mol. The number of hydroxylamine groups is 2. The topological polar surface area (TPSA) is 128 Å². The van der Waals surface area contributed by atoms with Crippen LogP contribution < -0.4 is 4.31 Å². The number of ether oxygens (including phenoxy) is 2. The first kappa shape index (κ1) is 33.2. The number of amides is 1. The standard InChI is InChI=1S/C29H39FN4O7S/c1-18(2)26-24(27(20-9-11-21(30)12-10-20)32-28(31-26)33(6)42(8,37)38)14-13-22-15-23(41-29(4,5)40-22)16-25(36)34(39-7)17-19(3)35/h9-14,18,22-23H,15-17H2,1-8H3/b14-13+/t22-,23-/m1/s1. The van der Waals surface area contributed by atoms with Crippen LogP contribution in [0.2, 0.25) is 0 Å². The van der Waals surface area contributed by atoms with Gasteiger partial charge in [0.2, 0.25) is 21.9 Å². The molecule has 1 fully saturated rings. The Bertz CT molecular complexity index is 1430. The van der Waals surface area contributed by atoms with Crippen LogP contribution in [0.3, 0.4) is 0 Å². The molecule has 11 nitrogen and oxygen atoms in total. The molecule has 1 aliphatic rings. The van der Waals surface area contributed by atoms with E-state index in [1.807, 2.05) is 19.9 Å². The second-order valence-corrected chi connectivity index (χ2v) is 13.0. The van der Waals surface area contributed by atoms with Crippen LogP contribution in [0, 0.1) is 5.82 Å². The number of rotatable bonds is 11. The summed E-state index contributed by atoms with van der Waals surface area (Å²) in [6.45, 7) is 8.55. The molecule has 0 N–H and O–H groups in total. The van der Waals surface area contributed by atoms with E-state index in [0.717, 1.165) is 15.6 Å². The first-order valence-electron chi connectivity index (χ1n) is 13.5. The van der Waals surface area contributed by atoms with Gasteiger partial charge in [-0.15, -0.1) is 0 Å². The maximum absolute atomic E-state index is 13.8. The molecule has 1 saturated heterocycles. The number of ketones is 1. The molecule has 0 bridgehead atoms. The highest BCUT2D eigenvalue weighted by Gasteiger charge is 2.36. The number of benzene rings is 1. The normalized spacial score (nSPS) is 18.8. The third-order valence-corrected chi connectivity index (χ3v) is 7.69. The van der Waals surface area contributed by atoms with Crippen LogP contribution in [0.1, 0.15) is 64.6 Å². The number of halogens is 1. The average Bonchev–Trinajstić information content (AvgIpc) is 2.88. The van der Waals surface area contributed by atoms with Crippen molar-refractivity contribution in [3.63, 3.8) is 0 Å². The van der Waals surface area contributed by atoms with E-state index in [-0.39, 0.29) is 30.6 Å². The van der Waals surface area contributed by atoms with Crippen LogP contribution in [-0.4, -0.2) is 80.1 Å². The molecule has 0 unspecified atom stereocenters. The Balaban J connectivity index is 2.02. The lowest BCUT2D eigenvalue weighted by molar-refractivity contribution is -0.291. The molecule has 230 valence electrons. The van der Waals surface area contributed by atoms with Crippen LogP contribution >= 0.6 is 0 Å². The Morgan fingerprint density at radius 1 is 1.19 bits per heavy atom. The first-order chi connectivity index (χ1) is 19.5. The van der Waals surface area contributed by atoms with E-state index in [9.17, 15) is 22.4 Å². The van der Waals surface area contributed by atoms with Gasteiger partial charge in [0.25, 0.3) is 0 Å². The summed E-state index contributed by atoms with van der Waals surface area (Å²) in [5.41, 5.74) is 2.21. The van der Waals surface area contributed by atoms with Crippen LogP contribution in [0.15, 0.2) is 30.3 Å². The number of carbonyl (C=O) groups excluding carboxylic acids is 2. The minimum atomic E-state index is -3.65. The van der Waals surface area contributed by atoms with Crippen LogP contribution in [-0.2, 0) is 33.9 Å². The van der Waals surface area contributed by atoms with Crippen molar-refractivity contribution in [3.8, 4) is 11.3 Å². The maximum Gasteiger partial charge on any atom is 0.249 e. The van der Waals surface area contributed by atoms with E-state index >= 15 is 0 Å². The van der Waals surface area contributed by atoms with Gasteiger partial charge in [-0.3, -0.25) is 14.4 Å². The van der Waals surface area contributed by atoms with Gasteiger partial charge in [0, 0.05) is 24.6 Å². The lowest BCUT2D eigenvalue weighted by atomic mass is 9.97. The molecule has 1 amide bonds. The number of sulfonamides is 1. The number of nitrogens with zero attached hydrogens (tertiary/aromatic N) is 4. The van der Waals surface area contributed by atoms with Crippen LogP contribution in [0.4, 0.5) is 10.3 Å². The predicted octanol–water partition coefficient (Wildman–Crippen LogP) is 4.09. The third-order valence-electron chi connectivity index (χ3n) is 6.53. The highest BCUT2D eigenvalue weighted by atomic mass is 32.2. The highest BCUT2D eigenvalue weighted by Crippen LogP contribution is 2.34. The van der Waals surface area contributed by atoms with Gasteiger partial charge in [-0.2, -0.15) is 0 Å². The van der Waals surface area contributed by atoms with Gasteiger partial charge in [0.05, 0.1) is 43.4 Å². The molecule has 1 aliphatic heterocycles. The summed E-state index contributed by atoms with van der Waals surface area (Å²) in [7, 11) is -0.952. The lowest BCUT2D eigenvalue weighted by Gasteiger charge is -2.40. The van der Waals surface area contributed by atoms with Crippen molar-refractivity contribution in [2.24, 2.45) is 0 Å². The van der Waals surface area contributed by atoms with E-state index in [1.54, 1.807) is 32.1 Å². The number of aromatic nitrogens is 2. The van der Waals surface area contributed by atoms with Crippen molar-refractivity contribution in [2.75, 3.05) is 31.3 Å². The summed E-state index contributed by atoms with van der Waals surface area (Å²) in [5.74, 6) is -2.18. The summed E-state index contributed by atoms with van der Waals surface area (Å²) < 4.78 is 51.5. The number of anilines is 1. The summed E-state index contributed by atoms with van der Waals surface area (Å²) in [6.07, 6.45) is 4.00. The summed E-state index contributed by atoms with van der Waals surface area (Å²) >= 11 is 0. The van der Waals surface area contributed by atoms with Crippen molar-refractivity contribution in [1.82, 2.24) is 15.0 Å². The SMILES string of the molecule is CON(CC(C)=O)C(=O)C[C@H]1C[C@@H](/C=C/c2c(-c3ccc(F)cc3)nc(N(C)S(C)(=O)=O)nc2C(C)C)OC(C)(C)O1. The molecule has 2 atom stereocenters. The van der Waals surface area contributed by atoms with Crippen molar-refractivity contribution in [2.45, 2.75) is 71.4 Å². The zero-order valence-electron chi connectivity index (χ0n) is 25.3. The summed E-state index contributed by atoms with van der Waals surface area (Å²) in [6, 6.07) is 5.76. The fourth-order valence-corrected chi connectivity index (χ4v) is 4.92. The Labute approximate surface area is 246 Å². The van der Waals surface area contributed by atoms with E-state index in [1.165, 1.54) is 33.2 Å². The molecule has 0 spiro atoms. The molecule has 1 aromatic heterocycles. The second kappa shape index (κ2) is 13.4. The summed E-state index contributed by atoms with van der Waals surface area (Å²) in [4.78, 5) is 38.6. The molecule has 2 heterocycles. The zero-order valence-corrected chi connectivity index (χ0v) is 26.1.